The summed E-state index contributed by atoms with van der Waals surface area (Å²) < 4.78 is 0. The van der Waals surface area contributed by atoms with E-state index in [1.54, 1.807) is 0 Å². The Morgan fingerprint density at radius 3 is 1.89 bits per heavy atom. The molecule has 0 aliphatic rings. The third-order valence-corrected chi connectivity index (χ3v) is 1.29. The second-order valence-electron chi connectivity index (χ2n) is 1.81. The molecule has 0 nitrogen and oxygen atoms in total. The van der Waals surface area contributed by atoms with Crippen LogP contribution in [0.5, 0.6) is 0 Å². The molecule has 0 heterocycles. The summed E-state index contributed by atoms with van der Waals surface area (Å²) in [7, 11) is 0. The van der Waals surface area contributed by atoms with Gasteiger partial charge in [-0.15, -0.1) is 0 Å². The van der Waals surface area contributed by atoms with Gasteiger partial charge in [0.25, 0.3) is 0 Å². The summed E-state index contributed by atoms with van der Waals surface area (Å²) >= 11 is 4.87. The molecule has 0 aromatic heterocycles. The van der Waals surface area contributed by atoms with Gasteiger partial charge in [0.1, 0.15) is 0 Å². The van der Waals surface area contributed by atoms with Crippen molar-refractivity contribution in [1.29, 1.82) is 0 Å². The molecule has 1 rings (SSSR count). The van der Waals surface area contributed by atoms with E-state index in [0.29, 0.717) is 0 Å². The fourth-order valence-electron chi connectivity index (χ4n) is 0.538. The molecule has 0 atom stereocenters. The van der Waals surface area contributed by atoms with Crippen LogP contribution in [0.3, 0.4) is 0 Å². The van der Waals surface area contributed by atoms with Crippen LogP contribution in [-0.4, -0.2) is 0 Å². The fourth-order valence-corrected chi connectivity index (χ4v) is 0.674. The van der Waals surface area contributed by atoms with Gasteiger partial charge in [0, 0.05) is 0 Å². The van der Waals surface area contributed by atoms with Crippen molar-refractivity contribution >= 4 is 12.6 Å². The zero-order chi connectivity index (χ0) is 5.98. The maximum Gasteiger partial charge on any atom is 1.00 e. The smallest absolute Gasteiger partial charge is 0.780 e. The number of aryl methyl sites for hydroxylation is 1. The first-order valence-electron chi connectivity index (χ1n) is 2.53. The molecule has 0 unspecified atom stereocenters. The summed E-state index contributed by atoms with van der Waals surface area (Å²) in [4.78, 5) is 0.913. The Bertz CT molecular complexity index is 148. The molecule has 0 bridgehead atoms. The first-order valence-corrected chi connectivity index (χ1v) is 2.93. The zero-order valence-corrected chi connectivity index (χ0v) is 6.53. The first-order chi connectivity index (χ1) is 3.79. The van der Waals surface area contributed by atoms with Gasteiger partial charge >= 0.3 is 18.9 Å². The van der Waals surface area contributed by atoms with E-state index in [2.05, 4.69) is 6.92 Å². The van der Waals surface area contributed by atoms with Crippen molar-refractivity contribution in [2.75, 3.05) is 0 Å². The predicted molar refractivity (Wildman–Crippen MR) is 36.8 cm³/mol. The van der Waals surface area contributed by atoms with E-state index in [4.69, 9.17) is 12.6 Å². The van der Waals surface area contributed by atoms with Crippen molar-refractivity contribution in [3.63, 3.8) is 0 Å². The van der Waals surface area contributed by atoms with Crippen LogP contribution in [0.15, 0.2) is 29.2 Å². The molecule has 0 saturated carbocycles. The number of hydrogen-bond donors (Lipinski definition) is 0. The van der Waals surface area contributed by atoms with Crippen molar-refractivity contribution in [3.05, 3.63) is 29.8 Å². The van der Waals surface area contributed by atoms with E-state index in [1.165, 1.54) is 5.56 Å². The van der Waals surface area contributed by atoms with E-state index in [9.17, 15) is 0 Å². The van der Waals surface area contributed by atoms with E-state index in [1.807, 2.05) is 24.3 Å². The molecule has 1 aromatic rings. The minimum Gasteiger partial charge on any atom is -0.780 e. The number of hydrogen-bond acceptors (Lipinski definition) is 1. The third kappa shape index (κ3) is 2.91. The Morgan fingerprint density at radius 1 is 1.11 bits per heavy atom. The standard InChI is InChI=1S/C7H8S.Li/c1-6-2-4-7(8)5-3-6;/h2-5,8H,1H3;/q;+1/p-1. The summed E-state index contributed by atoms with van der Waals surface area (Å²) in [6.45, 7) is 2.05. The van der Waals surface area contributed by atoms with Gasteiger partial charge < -0.3 is 12.6 Å². The predicted octanol–water partition coefficient (Wildman–Crippen LogP) is -1.10. The van der Waals surface area contributed by atoms with Crippen molar-refractivity contribution in [1.82, 2.24) is 0 Å². The first kappa shape index (κ1) is 9.04. The molecule has 0 spiro atoms. The Balaban J connectivity index is 0.000000640. The van der Waals surface area contributed by atoms with Crippen LogP contribution < -0.4 is 18.9 Å². The average Bonchev–Trinajstić information content (AvgIpc) is 1.77. The van der Waals surface area contributed by atoms with Gasteiger partial charge in [0.2, 0.25) is 0 Å². The van der Waals surface area contributed by atoms with Gasteiger partial charge in [-0.3, -0.25) is 0 Å². The van der Waals surface area contributed by atoms with Crippen LogP contribution in [0, 0.1) is 6.92 Å². The quantitative estimate of drug-likeness (QED) is 0.317. The SMILES string of the molecule is Cc1ccc([S-])cc1.[Li+]. The van der Waals surface area contributed by atoms with Gasteiger partial charge in [0.05, 0.1) is 0 Å². The molecule has 0 amide bonds. The second kappa shape index (κ2) is 3.95. The molecule has 2 heteroatoms. The molecule has 1 aromatic carbocycles. The molecular formula is C7H7LiS. The maximum absolute atomic E-state index is 4.87. The third-order valence-electron chi connectivity index (χ3n) is 1.02. The molecule has 9 heavy (non-hydrogen) atoms. The van der Waals surface area contributed by atoms with E-state index in [-0.39, 0.29) is 18.9 Å². The van der Waals surface area contributed by atoms with E-state index < -0.39 is 0 Å². The zero-order valence-electron chi connectivity index (χ0n) is 5.72. The van der Waals surface area contributed by atoms with Gasteiger partial charge in [-0.05, 0) is 6.92 Å². The van der Waals surface area contributed by atoms with Crippen LogP contribution in [0.1, 0.15) is 5.56 Å². The summed E-state index contributed by atoms with van der Waals surface area (Å²) in [6, 6.07) is 7.90. The maximum atomic E-state index is 4.87. The molecule has 0 N–H and O–H groups in total. The minimum absolute atomic E-state index is 0. The molecule has 0 radical (unpaired) electrons. The molecule has 0 saturated heterocycles. The summed E-state index contributed by atoms with van der Waals surface area (Å²) in [5.74, 6) is 0. The van der Waals surface area contributed by atoms with Crippen molar-refractivity contribution in [2.45, 2.75) is 11.8 Å². The molecular weight excluding hydrogens is 123 g/mol. The Labute approximate surface area is 73.2 Å². The summed E-state index contributed by atoms with van der Waals surface area (Å²) in [6.07, 6.45) is 0. The fraction of sp³-hybridized carbons (Fsp3) is 0.143. The van der Waals surface area contributed by atoms with Crippen LogP contribution in [-0.2, 0) is 12.6 Å². The van der Waals surface area contributed by atoms with Gasteiger partial charge in [-0.1, -0.05) is 29.8 Å². The van der Waals surface area contributed by atoms with Gasteiger partial charge in [-0.2, -0.15) is 4.90 Å². The molecule has 0 aliphatic heterocycles. The summed E-state index contributed by atoms with van der Waals surface area (Å²) in [5, 5.41) is 0. The number of rotatable bonds is 0. The van der Waals surface area contributed by atoms with Gasteiger partial charge in [0.15, 0.2) is 0 Å². The Hall–Kier alpha value is 0.0374. The normalized spacial score (nSPS) is 8.11. The van der Waals surface area contributed by atoms with Crippen LogP contribution >= 0.6 is 0 Å². The minimum atomic E-state index is 0. The molecule has 0 fully saturated rings. The monoisotopic (exact) mass is 130 g/mol. The topological polar surface area (TPSA) is 0 Å². The average molecular weight is 130 g/mol. The van der Waals surface area contributed by atoms with E-state index >= 15 is 0 Å². The van der Waals surface area contributed by atoms with Gasteiger partial charge in [-0.25, -0.2) is 0 Å². The molecule has 42 valence electrons. The van der Waals surface area contributed by atoms with Crippen LogP contribution in [0.4, 0.5) is 0 Å². The van der Waals surface area contributed by atoms with Crippen LogP contribution in [0.2, 0.25) is 0 Å². The number of benzene rings is 1. The van der Waals surface area contributed by atoms with Crippen molar-refractivity contribution in [2.24, 2.45) is 0 Å². The Kier molecular flexibility index (Phi) is 3.97. The van der Waals surface area contributed by atoms with Crippen LogP contribution in [0.25, 0.3) is 0 Å². The van der Waals surface area contributed by atoms with Crippen molar-refractivity contribution in [3.8, 4) is 0 Å². The van der Waals surface area contributed by atoms with E-state index in [0.717, 1.165) is 4.90 Å². The van der Waals surface area contributed by atoms with Crippen molar-refractivity contribution < 1.29 is 18.9 Å². The summed E-state index contributed by atoms with van der Waals surface area (Å²) in [5.41, 5.74) is 1.26. The molecule has 0 aliphatic carbocycles. The second-order valence-corrected chi connectivity index (χ2v) is 2.28. The Morgan fingerprint density at radius 2 is 1.56 bits per heavy atom. The largest absolute Gasteiger partial charge is 1.00 e.